The van der Waals surface area contributed by atoms with Crippen LogP contribution in [0.25, 0.3) is 0 Å². The van der Waals surface area contributed by atoms with E-state index in [9.17, 15) is 10.2 Å². The molecule has 1 aromatic carbocycles. The van der Waals surface area contributed by atoms with Gasteiger partial charge in [-0.2, -0.15) is 0 Å². The van der Waals surface area contributed by atoms with Crippen LogP contribution in [0.2, 0.25) is 0 Å². The van der Waals surface area contributed by atoms with Gasteiger partial charge >= 0.3 is 0 Å². The fourth-order valence-electron chi connectivity index (χ4n) is 4.28. The lowest BCUT2D eigenvalue weighted by molar-refractivity contribution is 0.0632. The molecule has 6 heteroatoms. The van der Waals surface area contributed by atoms with Crippen LogP contribution in [0.4, 0.5) is 0 Å². The smallest absolute Gasteiger partial charge is 0.127 e. The van der Waals surface area contributed by atoms with E-state index in [0.717, 1.165) is 62.6 Å². The van der Waals surface area contributed by atoms with Gasteiger partial charge in [-0.15, -0.1) is 0 Å². The van der Waals surface area contributed by atoms with Crippen LogP contribution in [-0.4, -0.2) is 78.7 Å². The van der Waals surface area contributed by atoms with Gasteiger partial charge in [-0.3, -0.25) is 4.90 Å². The van der Waals surface area contributed by atoms with E-state index < -0.39 is 6.10 Å². The van der Waals surface area contributed by atoms with Crippen molar-refractivity contribution < 1.29 is 19.7 Å². The molecule has 2 fully saturated rings. The molecule has 6 nitrogen and oxygen atoms in total. The zero-order valence-corrected chi connectivity index (χ0v) is 17.9. The van der Waals surface area contributed by atoms with Crippen LogP contribution in [0.3, 0.4) is 0 Å². The van der Waals surface area contributed by atoms with Gasteiger partial charge in [0, 0.05) is 37.8 Å². The maximum atomic E-state index is 10.6. The van der Waals surface area contributed by atoms with Crippen molar-refractivity contribution in [3.05, 3.63) is 23.8 Å². The third kappa shape index (κ3) is 7.45. The van der Waals surface area contributed by atoms with Crippen LogP contribution < -0.4 is 9.47 Å². The Kier molecular flexibility index (Phi) is 9.05. The first-order valence-corrected chi connectivity index (χ1v) is 11.2. The number of hydrogen-bond donors (Lipinski definition) is 2. The Labute approximate surface area is 175 Å². The number of aliphatic hydroxyl groups is 2. The second-order valence-electron chi connectivity index (χ2n) is 8.51. The van der Waals surface area contributed by atoms with E-state index in [0.29, 0.717) is 6.54 Å². The first-order chi connectivity index (χ1) is 14.1. The maximum absolute atomic E-state index is 10.6. The molecule has 0 aliphatic carbocycles. The van der Waals surface area contributed by atoms with Gasteiger partial charge in [-0.25, -0.2) is 0 Å². The van der Waals surface area contributed by atoms with Crippen LogP contribution in [0.5, 0.6) is 11.5 Å². The Morgan fingerprint density at radius 3 is 2.38 bits per heavy atom. The Morgan fingerprint density at radius 2 is 1.69 bits per heavy atom. The van der Waals surface area contributed by atoms with Crippen LogP contribution in [0.15, 0.2) is 18.2 Å². The van der Waals surface area contributed by atoms with Crippen molar-refractivity contribution >= 4 is 0 Å². The van der Waals surface area contributed by atoms with E-state index in [1.54, 1.807) is 7.11 Å². The summed E-state index contributed by atoms with van der Waals surface area (Å²) in [7, 11) is 1.65. The summed E-state index contributed by atoms with van der Waals surface area (Å²) in [6.07, 6.45) is 7.34. The molecule has 1 unspecified atom stereocenters. The van der Waals surface area contributed by atoms with Gasteiger partial charge in [0.25, 0.3) is 0 Å². The first-order valence-electron chi connectivity index (χ1n) is 11.2. The SMILES string of the molecule is COc1ccc(CN2CCC(O)CC2)c(OCC(O)CN2CCCCCCC2)c1. The minimum absolute atomic E-state index is 0.170. The number of aliphatic hydroxyl groups excluding tert-OH is 2. The molecule has 0 amide bonds. The molecule has 1 atom stereocenters. The number of benzene rings is 1. The molecule has 0 spiro atoms. The summed E-state index contributed by atoms with van der Waals surface area (Å²) in [5.41, 5.74) is 1.10. The summed E-state index contributed by atoms with van der Waals surface area (Å²) in [5, 5.41) is 20.3. The van der Waals surface area contributed by atoms with Crippen LogP contribution in [0.1, 0.15) is 50.5 Å². The van der Waals surface area contributed by atoms with Crippen molar-refractivity contribution in [2.45, 2.75) is 63.7 Å². The Hall–Kier alpha value is -1.34. The van der Waals surface area contributed by atoms with E-state index in [1.807, 2.05) is 18.2 Å². The lowest BCUT2D eigenvalue weighted by Gasteiger charge is -2.30. The van der Waals surface area contributed by atoms with Crippen molar-refractivity contribution in [2.24, 2.45) is 0 Å². The van der Waals surface area contributed by atoms with Gasteiger partial charge < -0.3 is 24.6 Å². The molecule has 2 aliphatic heterocycles. The summed E-state index contributed by atoms with van der Waals surface area (Å²) in [6, 6.07) is 5.92. The highest BCUT2D eigenvalue weighted by molar-refractivity contribution is 5.40. The fourth-order valence-corrected chi connectivity index (χ4v) is 4.28. The molecule has 0 saturated carbocycles. The highest BCUT2D eigenvalue weighted by Gasteiger charge is 2.19. The zero-order valence-electron chi connectivity index (χ0n) is 17.9. The number of methoxy groups -OCH3 is 1. The molecule has 2 aliphatic rings. The molecular weight excluding hydrogens is 368 g/mol. The normalized spacial score (nSPS) is 21.3. The lowest BCUT2D eigenvalue weighted by atomic mass is 10.1. The second kappa shape index (κ2) is 11.7. The van der Waals surface area contributed by atoms with Crippen molar-refractivity contribution in [1.82, 2.24) is 9.80 Å². The topological polar surface area (TPSA) is 65.4 Å². The monoisotopic (exact) mass is 406 g/mol. The Morgan fingerprint density at radius 1 is 1.00 bits per heavy atom. The van der Waals surface area contributed by atoms with Crippen molar-refractivity contribution in [3.8, 4) is 11.5 Å². The Bertz CT molecular complexity index is 597. The predicted octanol–water partition coefficient (Wildman–Crippen LogP) is 2.66. The molecule has 0 aromatic heterocycles. The minimum atomic E-state index is -0.501. The van der Waals surface area contributed by atoms with Crippen LogP contribution >= 0.6 is 0 Å². The molecule has 0 bridgehead atoms. The summed E-state index contributed by atoms with van der Waals surface area (Å²) in [6.45, 7) is 5.67. The average molecular weight is 407 g/mol. The molecular formula is C23H38N2O4. The zero-order chi connectivity index (χ0) is 20.5. The quantitative estimate of drug-likeness (QED) is 0.692. The second-order valence-corrected chi connectivity index (χ2v) is 8.51. The van der Waals surface area contributed by atoms with Crippen molar-refractivity contribution in [2.75, 3.05) is 46.4 Å². The molecule has 0 radical (unpaired) electrons. The highest BCUT2D eigenvalue weighted by atomic mass is 16.5. The number of likely N-dealkylation sites (tertiary alicyclic amines) is 2. The van der Waals surface area contributed by atoms with Crippen LogP contribution in [-0.2, 0) is 6.54 Å². The van der Waals surface area contributed by atoms with E-state index in [1.165, 1.54) is 32.1 Å². The van der Waals surface area contributed by atoms with Crippen molar-refractivity contribution in [1.29, 1.82) is 0 Å². The van der Waals surface area contributed by atoms with Crippen LogP contribution in [0, 0.1) is 0 Å². The predicted molar refractivity (Wildman–Crippen MR) is 115 cm³/mol. The summed E-state index contributed by atoms with van der Waals surface area (Å²) < 4.78 is 11.4. The summed E-state index contributed by atoms with van der Waals surface area (Å²) in [5.74, 6) is 1.54. The van der Waals surface area contributed by atoms with Crippen molar-refractivity contribution in [3.63, 3.8) is 0 Å². The average Bonchev–Trinajstić information content (AvgIpc) is 2.71. The van der Waals surface area contributed by atoms with E-state index in [2.05, 4.69) is 9.80 Å². The van der Waals surface area contributed by atoms with Gasteiger partial charge in [0.15, 0.2) is 0 Å². The number of ether oxygens (including phenoxy) is 2. The largest absolute Gasteiger partial charge is 0.497 e. The van der Waals surface area contributed by atoms with Gasteiger partial charge in [0.1, 0.15) is 24.2 Å². The number of β-amino-alcohol motifs (C(OH)–C–C–N with tert-alkyl or cyclic N) is 1. The molecule has 164 valence electrons. The molecule has 3 rings (SSSR count). The van der Waals surface area contributed by atoms with Gasteiger partial charge in [0.2, 0.25) is 0 Å². The minimum Gasteiger partial charge on any atom is -0.497 e. The number of hydrogen-bond acceptors (Lipinski definition) is 6. The van der Waals surface area contributed by atoms with Gasteiger partial charge in [0.05, 0.1) is 13.2 Å². The lowest BCUT2D eigenvalue weighted by Crippen LogP contribution is -2.37. The summed E-state index contributed by atoms with van der Waals surface area (Å²) in [4.78, 5) is 4.72. The fraction of sp³-hybridized carbons (Fsp3) is 0.739. The number of rotatable bonds is 8. The van der Waals surface area contributed by atoms with Gasteiger partial charge in [-0.1, -0.05) is 25.3 Å². The van der Waals surface area contributed by atoms with Gasteiger partial charge in [-0.05, 0) is 44.8 Å². The molecule has 2 saturated heterocycles. The standard InChI is InChI=1S/C23H38N2O4/c1-28-22-8-7-19(16-25-13-9-20(26)10-14-25)23(15-22)29-18-21(27)17-24-11-5-3-2-4-6-12-24/h7-8,15,20-21,26-27H,2-6,9-14,16-18H2,1H3. The third-order valence-corrected chi connectivity index (χ3v) is 6.07. The summed E-state index contributed by atoms with van der Waals surface area (Å²) >= 11 is 0. The number of nitrogens with zero attached hydrogens (tertiary/aromatic N) is 2. The molecule has 2 heterocycles. The highest BCUT2D eigenvalue weighted by Crippen LogP contribution is 2.27. The third-order valence-electron chi connectivity index (χ3n) is 6.07. The first kappa shape index (κ1) is 22.3. The molecule has 2 N–H and O–H groups in total. The maximum Gasteiger partial charge on any atom is 0.127 e. The number of piperidine rings is 1. The van der Waals surface area contributed by atoms with E-state index >= 15 is 0 Å². The van der Waals surface area contributed by atoms with E-state index in [-0.39, 0.29) is 12.7 Å². The Balaban J connectivity index is 1.55. The molecule has 29 heavy (non-hydrogen) atoms. The molecule has 1 aromatic rings. The van der Waals surface area contributed by atoms with E-state index in [4.69, 9.17) is 9.47 Å².